The Morgan fingerprint density at radius 2 is 1.91 bits per heavy atom. The lowest BCUT2D eigenvalue weighted by Crippen LogP contribution is -2.47. The van der Waals surface area contributed by atoms with Gasteiger partial charge < -0.3 is 21.1 Å². The molecule has 1 unspecified atom stereocenters. The molecule has 0 radical (unpaired) electrons. The molecule has 122 valence electrons. The Hall–Kier alpha value is -2.51. The van der Waals surface area contributed by atoms with Crippen molar-refractivity contribution in [2.45, 2.75) is 24.4 Å². The minimum atomic E-state index is -1.39. The molecule has 0 spiro atoms. The molecule has 7 heteroatoms. The van der Waals surface area contributed by atoms with E-state index < -0.39 is 29.8 Å². The molecule has 0 bridgehead atoms. The summed E-state index contributed by atoms with van der Waals surface area (Å²) in [5.74, 6) is -2.77. The standard InChI is InChI=1S/C16H20N4O3/c1-20-8-12(19-9-20)13(14(18)16(22)23)15(21)11(17)7-10-5-3-2-4-6-10/h2-6,8-9,11,13-14H,7,17-18H2,1H3,(H,22,23)/t11-,13?,14-/m0/s1. The molecule has 2 aromatic rings. The van der Waals surface area contributed by atoms with E-state index in [2.05, 4.69) is 4.98 Å². The van der Waals surface area contributed by atoms with E-state index in [0.29, 0.717) is 12.1 Å². The normalized spacial score (nSPS) is 14.9. The van der Waals surface area contributed by atoms with E-state index in [1.165, 1.54) is 6.33 Å². The summed E-state index contributed by atoms with van der Waals surface area (Å²) in [6, 6.07) is 7.06. The summed E-state index contributed by atoms with van der Waals surface area (Å²) in [7, 11) is 1.73. The first-order valence-electron chi connectivity index (χ1n) is 7.19. The fourth-order valence-electron chi connectivity index (χ4n) is 2.44. The van der Waals surface area contributed by atoms with Gasteiger partial charge in [-0.3, -0.25) is 9.59 Å². The number of rotatable bonds is 7. The predicted molar refractivity (Wildman–Crippen MR) is 84.7 cm³/mol. The number of carbonyl (C=O) groups excluding carboxylic acids is 1. The first-order chi connectivity index (χ1) is 10.9. The number of Topliss-reactive ketones (excluding diaryl/α,β-unsaturated/α-hetero) is 1. The third-order valence-corrected chi connectivity index (χ3v) is 3.66. The van der Waals surface area contributed by atoms with Crippen molar-refractivity contribution in [2.75, 3.05) is 0 Å². The monoisotopic (exact) mass is 316 g/mol. The van der Waals surface area contributed by atoms with Crippen molar-refractivity contribution in [2.24, 2.45) is 18.5 Å². The van der Waals surface area contributed by atoms with Crippen LogP contribution in [0.2, 0.25) is 0 Å². The highest BCUT2D eigenvalue weighted by molar-refractivity contribution is 5.95. The van der Waals surface area contributed by atoms with Crippen LogP contribution in [0, 0.1) is 0 Å². The van der Waals surface area contributed by atoms with Crippen LogP contribution in [0.1, 0.15) is 17.2 Å². The molecule has 0 amide bonds. The number of carboxylic acids is 1. The number of nitrogens with two attached hydrogens (primary N) is 2. The Kier molecular flexibility index (Phi) is 5.25. The van der Waals surface area contributed by atoms with E-state index in [1.54, 1.807) is 17.8 Å². The average molecular weight is 316 g/mol. The SMILES string of the molecule is Cn1cnc(C(C(=O)[C@@H](N)Cc2ccccc2)[C@H](N)C(=O)O)c1. The summed E-state index contributed by atoms with van der Waals surface area (Å²) in [4.78, 5) is 28.0. The molecule has 1 aromatic heterocycles. The van der Waals surface area contributed by atoms with Gasteiger partial charge >= 0.3 is 5.97 Å². The number of aliphatic carboxylic acids is 1. The van der Waals surface area contributed by atoms with Crippen LogP contribution in [0.25, 0.3) is 0 Å². The molecule has 0 saturated carbocycles. The van der Waals surface area contributed by atoms with Crippen molar-refractivity contribution in [1.82, 2.24) is 9.55 Å². The van der Waals surface area contributed by atoms with Gasteiger partial charge in [0.15, 0.2) is 5.78 Å². The number of hydrogen-bond acceptors (Lipinski definition) is 5. The number of imidazole rings is 1. The summed E-state index contributed by atoms with van der Waals surface area (Å²) in [6.45, 7) is 0. The molecule has 2 rings (SSSR count). The number of carbonyl (C=O) groups is 2. The third-order valence-electron chi connectivity index (χ3n) is 3.66. The molecule has 5 N–H and O–H groups in total. The fraction of sp³-hybridized carbons (Fsp3) is 0.312. The first kappa shape index (κ1) is 16.9. The van der Waals surface area contributed by atoms with Crippen molar-refractivity contribution in [3.63, 3.8) is 0 Å². The van der Waals surface area contributed by atoms with Crippen LogP contribution in [-0.2, 0) is 23.1 Å². The zero-order valence-electron chi connectivity index (χ0n) is 12.8. The van der Waals surface area contributed by atoms with Crippen LogP contribution >= 0.6 is 0 Å². The zero-order valence-corrected chi connectivity index (χ0v) is 12.8. The van der Waals surface area contributed by atoms with E-state index >= 15 is 0 Å². The van der Waals surface area contributed by atoms with Crippen molar-refractivity contribution in [3.05, 3.63) is 54.1 Å². The van der Waals surface area contributed by atoms with E-state index in [1.807, 2.05) is 30.3 Å². The number of ketones is 1. The van der Waals surface area contributed by atoms with Crippen LogP contribution in [0.15, 0.2) is 42.9 Å². The molecule has 23 heavy (non-hydrogen) atoms. The van der Waals surface area contributed by atoms with E-state index in [-0.39, 0.29) is 0 Å². The highest BCUT2D eigenvalue weighted by atomic mass is 16.4. The molecule has 0 aliphatic heterocycles. The second kappa shape index (κ2) is 7.17. The van der Waals surface area contributed by atoms with Crippen molar-refractivity contribution in [1.29, 1.82) is 0 Å². The van der Waals surface area contributed by atoms with Crippen LogP contribution in [0.4, 0.5) is 0 Å². The lowest BCUT2D eigenvalue weighted by atomic mass is 9.87. The maximum atomic E-state index is 12.7. The van der Waals surface area contributed by atoms with Gasteiger partial charge in [-0.15, -0.1) is 0 Å². The number of nitrogens with zero attached hydrogens (tertiary/aromatic N) is 2. The zero-order chi connectivity index (χ0) is 17.0. The molecular formula is C16H20N4O3. The Labute approximate surface area is 133 Å². The van der Waals surface area contributed by atoms with Crippen molar-refractivity contribution in [3.8, 4) is 0 Å². The van der Waals surface area contributed by atoms with Crippen LogP contribution in [0.5, 0.6) is 0 Å². The van der Waals surface area contributed by atoms with Gasteiger partial charge in [-0.1, -0.05) is 30.3 Å². The largest absolute Gasteiger partial charge is 0.480 e. The summed E-state index contributed by atoms with van der Waals surface area (Å²) in [6.07, 6.45) is 3.39. The summed E-state index contributed by atoms with van der Waals surface area (Å²) >= 11 is 0. The van der Waals surface area contributed by atoms with Gasteiger partial charge in [-0.05, 0) is 12.0 Å². The molecule has 0 aliphatic carbocycles. The summed E-state index contributed by atoms with van der Waals surface area (Å²) < 4.78 is 1.63. The molecule has 7 nitrogen and oxygen atoms in total. The Morgan fingerprint density at radius 3 is 2.43 bits per heavy atom. The molecule has 1 aromatic carbocycles. The van der Waals surface area contributed by atoms with Crippen LogP contribution in [-0.4, -0.2) is 38.5 Å². The Bertz CT molecular complexity index is 684. The minimum absolute atomic E-state index is 0.315. The van der Waals surface area contributed by atoms with Gasteiger partial charge in [0.05, 0.1) is 24.0 Å². The third kappa shape index (κ3) is 4.02. The van der Waals surface area contributed by atoms with Crippen LogP contribution in [0.3, 0.4) is 0 Å². The Balaban J connectivity index is 2.24. The Morgan fingerprint density at radius 1 is 1.26 bits per heavy atom. The molecule has 0 aliphatic rings. The topological polar surface area (TPSA) is 124 Å². The highest BCUT2D eigenvalue weighted by Gasteiger charge is 2.36. The molecule has 1 heterocycles. The van der Waals surface area contributed by atoms with E-state index in [0.717, 1.165) is 5.56 Å². The average Bonchev–Trinajstić information content (AvgIpc) is 2.94. The fourth-order valence-corrected chi connectivity index (χ4v) is 2.44. The maximum absolute atomic E-state index is 12.7. The first-order valence-corrected chi connectivity index (χ1v) is 7.19. The lowest BCUT2D eigenvalue weighted by Gasteiger charge is -2.21. The number of aromatic nitrogens is 2. The lowest BCUT2D eigenvalue weighted by molar-refractivity contribution is -0.141. The van der Waals surface area contributed by atoms with E-state index in [9.17, 15) is 14.7 Å². The minimum Gasteiger partial charge on any atom is -0.480 e. The van der Waals surface area contributed by atoms with Gasteiger partial charge in [0, 0.05) is 13.2 Å². The van der Waals surface area contributed by atoms with Gasteiger partial charge in [0.2, 0.25) is 0 Å². The number of carboxylic acid groups (broad SMARTS) is 1. The number of benzene rings is 1. The molecule has 3 atom stereocenters. The predicted octanol–water partition coefficient (Wildman–Crippen LogP) is 0.0547. The van der Waals surface area contributed by atoms with Gasteiger partial charge in [0.25, 0.3) is 0 Å². The van der Waals surface area contributed by atoms with Gasteiger partial charge in [-0.2, -0.15) is 0 Å². The quantitative estimate of drug-likeness (QED) is 0.663. The molecular weight excluding hydrogens is 296 g/mol. The summed E-state index contributed by atoms with van der Waals surface area (Å²) in [5.41, 5.74) is 12.9. The van der Waals surface area contributed by atoms with E-state index in [4.69, 9.17) is 11.5 Å². The maximum Gasteiger partial charge on any atom is 0.321 e. The number of hydrogen-bond donors (Lipinski definition) is 3. The number of aryl methyl sites for hydroxylation is 1. The van der Waals surface area contributed by atoms with Crippen molar-refractivity contribution < 1.29 is 14.7 Å². The van der Waals surface area contributed by atoms with Crippen molar-refractivity contribution >= 4 is 11.8 Å². The molecule has 0 fully saturated rings. The summed E-state index contributed by atoms with van der Waals surface area (Å²) in [5, 5.41) is 9.19. The van der Waals surface area contributed by atoms with Gasteiger partial charge in [-0.25, -0.2) is 4.98 Å². The smallest absolute Gasteiger partial charge is 0.321 e. The highest BCUT2D eigenvalue weighted by Crippen LogP contribution is 2.21. The van der Waals surface area contributed by atoms with Gasteiger partial charge in [0.1, 0.15) is 6.04 Å². The second-order valence-electron chi connectivity index (χ2n) is 5.50. The molecule has 0 saturated heterocycles. The second-order valence-corrected chi connectivity index (χ2v) is 5.50. The van der Waals surface area contributed by atoms with Crippen LogP contribution < -0.4 is 11.5 Å².